The molecule has 0 unspecified atom stereocenters. The number of primary amides is 1. The van der Waals surface area contributed by atoms with Crippen molar-refractivity contribution in [3.8, 4) is 0 Å². The van der Waals surface area contributed by atoms with Crippen LogP contribution in [0, 0.1) is 0 Å². The molecular formula is C9H20N2OS. The van der Waals surface area contributed by atoms with Crippen molar-refractivity contribution in [3.05, 3.63) is 0 Å². The largest absolute Gasteiger partial charge is 0.370 e. The number of rotatable bonds is 9. The Labute approximate surface area is 84.8 Å². The standard InChI is InChI=1S/C9H20N2OS/c1-13-8-4-7-11-6-3-2-5-9(10)12/h11H,2-8H2,1H3,(H2,10,12). The van der Waals surface area contributed by atoms with Crippen LogP contribution >= 0.6 is 11.8 Å². The number of thioether (sulfide) groups is 1. The molecule has 0 saturated carbocycles. The van der Waals surface area contributed by atoms with Gasteiger partial charge in [-0.05, 0) is 44.4 Å². The Kier molecular flexibility index (Phi) is 9.70. The third-order valence-electron chi connectivity index (χ3n) is 1.73. The van der Waals surface area contributed by atoms with Crippen LogP contribution in [0.1, 0.15) is 25.7 Å². The van der Waals surface area contributed by atoms with E-state index in [1.165, 1.54) is 12.2 Å². The van der Waals surface area contributed by atoms with E-state index in [0.29, 0.717) is 6.42 Å². The molecule has 0 atom stereocenters. The van der Waals surface area contributed by atoms with Gasteiger partial charge in [0.1, 0.15) is 0 Å². The van der Waals surface area contributed by atoms with E-state index in [9.17, 15) is 4.79 Å². The van der Waals surface area contributed by atoms with Crippen molar-refractivity contribution in [2.24, 2.45) is 5.73 Å². The highest BCUT2D eigenvalue weighted by Crippen LogP contribution is 1.94. The number of carbonyl (C=O) groups excluding carboxylic acids is 1. The summed E-state index contributed by atoms with van der Waals surface area (Å²) in [5.74, 6) is 1.02. The van der Waals surface area contributed by atoms with Crippen LogP contribution in [-0.2, 0) is 4.79 Å². The first-order chi connectivity index (χ1) is 6.27. The Morgan fingerprint density at radius 2 is 2.00 bits per heavy atom. The summed E-state index contributed by atoms with van der Waals surface area (Å²) < 4.78 is 0. The molecule has 0 aliphatic rings. The molecule has 13 heavy (non-hydrogen) atoms. The van der Waals surface area contributed by atoms with Crippen molar-refractivity contribution in [3.63, 3.8) is 0 Å². The molecule has 0 aromatic rings. The molecular weight excluding hydrogens is 184 g/mol. The van der Waals surface area contributed by atoms with Gasteiger partial charge in [-0.3, -0.25) is 4.79 Å². The second-order valence-corrected chi connectivity index (χ2v) is 4.01. The molecule has 0 aromatic carbocycles. The monoisotopic (exact) mass is 204 g/mol. The van der Waals surface area contributed by atoms with Crippen LogP contribution in [0.3, 0.4) is 0 Å². The van der Waals surface area contributed by atoms with Gasteiger partial charge in [-0.2, -0.15) is 11.8 Å². The minimum atomic E-state index is -0.192. The molecule has 0 aliphatic carbocycles. The molecule has 3 nitrogen and oxygen atoms in total. The maximum absolute atomic E-state index is 10.4. The van der Waals surface area contributed by atoms with E-state index in [1.807, 2.05) is 11.8 Å². The zero-order valence-corrected chi connectivity index (χ0v) is 9.16. The van der Waals surface area contributed by atoms with Crippen molar-refractivity contribution in [1.82, 2.24) is 5.32 Å². The first kappa shape index (κ1) is 12.8. The summed E-state index contributed by atoms with van der Waals surface area (Å²) in [6.45, 7) is 2.08. The minimum absolute atomic E-state index is 0.192. The highest BCUT2D eigenvalue weighted by Gasteiger charge is 1.93. The van der Waals surface area contributed by atoms with E-state index in [1.54, 1.807) is 0 Å². The van der Waals surface area contributed by atoms with Gasteiger partial charge in [0.2, 0.25) is 5.91 Å². The fraction of sp³-hybridized carbons (Fsp3) is 0.889. The second kappa shape index (κ2) is 9.86. The Bertz CT molecular complexity index is 131. The summed E-state index contributed by atoms with van der Waals surface area (Å²) in [6.07, 6.45) is 5.81. The molecule has 0 fully saturated rings. The first-order valence-electron chi connectivity index (χ1n) is 4.75. The molecule has 0 heterocycles. The number of carbonyl (C=O) groups is 1. The van der Waals surface area contributed by atoms with Crippen molar-refractivity contribution < 1.29 is 4.79 Å². The topological polar surface area (TPSA) is 55.1 Å². The molecule has 0 saturated heterocycles. The second-order valence-electron chi connectivity index (χ2n) is 3.02. The Morgan fingerprint density at radius 1 is 1.31 bits per heavy atom. The lowest BCUT2D eigenvalue weighted by Crippen LogP contribution is -2.18. The maximum atomic E-state index is 10.4. The average molecular weight is 204 g/mol. The van der Waals surface area contributed by atoms with E-state index in [4.69, 9.17) is 5.73 Å². The fourth-order valence-electron chi connectivity index (χ4n) is 1.02. The summed E-state index contributed by atoms with van der Waals surface area (Å²) >= 11 is 1.87. The van der Waals surface area contributed by atoms with Gasteiger partial charge >= 0.3 is 0 Å². The first-order valence-corrected chi connectivity index (χ1v) is 6.14. The number of amides is 1. The van der Waals surface area contributed by atoms with Crippen molar-refractivity contribution in [1.29, 1.82) is 0 Å². The van der Waals surface area contributed by atoms with Crippen LogP contribution < -0.4 is 11.1 Å². The van der Waals surface area contributed by atoms with Crippen molar-refractivity contribution in [2.45, 2.75) is 25.7 Å². The van der Waals surface area contributed by atoms with E-state index in [0.717, 1.165) is 25.9 Å². The van der Waals surface area contributed by atoms with E-state index in [2.05, 4.69) is 11.6 Å². The summed E-state index contributed by atoms with van der Waals surface area (Å²) in [4.78, 5) is 10.4. The lowest BCUT2D eigenvalue weighted by molar-refractivity contribution is -0.118. The van der Waals surface area contributed by atoms with Gasteiger partial charge in [0.15, 0.2) is 0 Å². The molecule has 1 amide bonds. The number of hydrogen-bond donors (Lipinski definition) is 2. The van der Waals surface area contributed by atoms with Crippen molar-refractivity contribution >= 4 is 17.7 Å². The molecule has 0 spiro atoms. The molecule has 0 radical (unpaired) electrons. The predicted molar refractivity (Wildman–Crippen MR) is 58.9 cm³/mol. The summed E-state index contributed by atoms with van der Waals surface area (Å²) in [6, 6.07) is 0. The van der Waals surface area contributed by atoms with Crippen LogP contribution in [0.15, 0.2) is 0 Å². The van der Waals surface area contributed by atoms with Crippen LogP contribution in [0.2, 0.25) is 0 Å². The average Bonchev–Trinajstić information content (AvgIpc) is 2.09. The van der Waals surface area contributed by atoms with Crippen LogP contribution in [-0.4, -0.2) is 31.0 Å². The van der Waals surface area contributed by atoms with E-state index < -0.39 is 0 Å². The Hall–Kier alpha value is -0.220. The van der Waals surface area contributed by atoms with Gasteiger partial charge in [-0.25, -0.2) is 0 Å². The van der Waals surface area contributed by atoms with E-state index in [-0.39, 0.29) is 5.91 Å². The lowest BCUT2D eigenvalue weighted by atomic mass is 10.2. The van der Waals surface area contributed by atoms with E-state index >= 15 is 0 Å². The number of nitrogens with one attached hydrogen (secondary N) is 1. The molecule has 0 aromatic heterocycles. The summed E-state index contributed by atoms with van der Waals surface area (Å²) in [5, 5.41) is 3.33. The molecule has 0 rings (SSSR count). The van der Waals surface area contributed by atoms with Crippen LogP contribution in [0.4, 0.5) is 0 Å². The summed E-state index contributed by atoms with van der Waals surface area (Å²) in [5.41, 5.74) is 5.01. The summed E-state index contributed by atoms with van der Waals surface area (Å²) in [7, 11) is 0. The molecule has 3 N–H and O–H groups in total. The smallest absolute Gasteiger partial charge is 0.217 e. The Balaban J connectivity index is 2.87. The number of unbranched alkanes of at least 4 members (excludes halogenated alkanes) is 1. The normalized spacial score (nSPS) is 10.2. The highest BCUT2D eigenvalue weighted by molar-refractivity contribution is 7.98. The van der Waals surface area contributed by atoms with Gasteiger partial charge < -0.3 is 11.1 Å². The van der Waals surface area contributed by atoms with Crippen LogP contribution in [0.25, 0.3) is 0 Å². The third kappa shape index (κ3) is 11.8. The SMILES string of the molecule is CSCCCNCCCCC(N)=O. The molecule has 0 bridgehead atoms. The van der Waals surface area contributed by atoms with Crippen LogP contribution in [0.5, 0.6) is 0 Å². The van der Waals surface area contributed by atoms with Gasteiger partial charge in [0.05, 0.1) is 0 Å². The van der Waals surface area contributed by atoms with Gasteiger partial charge in [0.25, 0.3) is 0 Å². The van der Waals surface area contributed by atoms with Gasteiger partial charge in [0, 0.05) is 6.42 Å². The highest BCUT2D eigenvalue weighted by atomic mass is 32.2. The quantitative estimate of drug-likeness (QED) is 0.551. The van der Waals surface area contributed by atoms with Gasteiger partial charge in [-0.15, -0.1) is 0 Å². The zero-order chi connectivity index (χ0) is 9.94. The molecule has 0 aliphatic heterocycles. The lowest BCUT2D eigenvalue weighted by Gasteiger charge is -2.02. The predicted octanol–water partition coefficient (Wildman–Crippen LogP) is 0.985. The maximum Gasteiger partial charge on any atom is 0.217 e. The van der Waals surface area contributed by atoms with Crippen molar-refractivity contribution in [2.75, 3.05) is 25.1 Å². The molecule has 4 heteroatoms. The fourth-order valence-corrected chi connectivity index (χ4v) is 1.45. The zero-order valence-electron chi connectivity index (χ0n) is 8.34. The third-order valence-corrected chi connectivity index (χ3v) is 2.43. The number of nitrogens with two attached hydrogens (primary N) is 1. The minimum Gasteiger partial charge on any atom is -0.370 e. The Morgan fingerprint density at radius 3 is 2.62 bits per heavy atom. The number of hydrogen-bond acceptors (Lipinski definition) is 3. The van der Waals surface area contributed by atoms with Gasteiger partial charge in [-0.1, -0.05) is 0 Å². The molecule has 78 valence electrons.